The Balaban J connectivity index is 1.65. The van der Waals surface area contributed by atoms with Crippen molar-refractivity contribution in [2.75, 3.05) is 13.7 Å². The summed E-state index contributed by atoms with van der Waals surface area (Å²) in [5.74, 6) is 6.82. The molecule has 0 aliphatic heterocycles. The van der Waals surface area contributed by atoms with Gasteiger partial charge in [0.1, 0.15) is 5.75 Å². The Morgan fingerprint density at radius 1 is 1.09 bits per heavy atom. The maximum Gasteiger partial charge on any atom is 0.220 e. The zero-order chi connectivity index (χ0) is 16.3. The first-order valence-corrected chi connectivity index (χ1v) is 7.71. The second kappa shape index (κ2) is 9.32. The number of aryl methyl sites for hydroxylation is 1. The third-order valence-electron chi connectivity index (χ3n) is 3.41. The van der Waals surface area contributed by atoms with Crippen molar-refractivity contribution < 1.29 is 9.53 Å². The topological polar surface area (TPSA) is 38.3 Å². The van der Waals surface area contributed by atoms with Crippen LogP contribution in [0.1, 0.15) is 24.0 Å². The van der Waals surface area contributed by atoms with Crippen molar-refractivity contribution in [1.82, 2.24) is 5.32 Å². The molecule has 3 nitrogen and oxygen atoms in total. The van der Waals surface area contributed by atoms with E-state index in [1.165, 1.54) is 5.56 Å². The monoisotopic (exact) mass is 307 g/mol. The van der Waals surface area contributed by atoms with Gasteiger partial charge in [-0.05, 0) is 42.7 Å². The van der Waals surface area contributed by atoms with Crippen LogP contribution in [0, 0.1) is 11.8 Å². The molecule has 2 aromatic rings. The van der Waals surface area contributed by atoms with E-state index in [1.807, 2.05) is 42.5 Å². The van der Waals surface area contributed by atoms with E-state index in [9.17, 15) is 4.79 Å². The average molecular weight is 307 g/mol. The summed E-state index contributed by atoms with van der Waals surface area (Å²) in [7, 11) is 1.63. The smallest absolute Gasteiger partial charge is 0.220 e. The summed E-state index contributed by atoms with van der Waals surface area (Å²) in [6.07, 6.45) is 2.30. The van der Waals surface area contributed by atoms with E-state index in [1.54, 1.807) is 7.11 Å². The van der Waals surface area contributed by atoms with Crippen molar-refractivity contribution in [3.05, 3.63) is 65.7 Å². The van der Waals surface area contributed by atoms with Crippen LogP contribution in [0.4, 0.5) is 0 Å². The molecule has 0 aliphatic rings. The van der Waals surface area contributed by atoms with E-state index in [0.29, 0.717) is 13.0 Å². The number of carbonyl (C=O) groups is 1. The highest BCUT2D eigenvalue weighted by Crippen LogP contribution is 2.10. The van der Waals surface area contributed by atoms with Gasteiger partial charge in [0.05, 0.1) is 13.7 Å². The van der Waals surface area contributed by atoms with Gasteiger partial charge in [-0.25, -0.2) is 0 Å². The van der Waals surface area contributed by atoms with Crippen LogP contribution in [0.3, 0.4) is 0 Å². The van der Waals surface area contributed by atoms with Gasteiger partial charge in [0.2, 0.25) is 5.91 Å². The summed E-state index contributed by atoms with van der Waals surface area (Å²) in [5.41, 5.74) is 2.17. The number of nitrogens with one attached hydrogen (secondary N) is 1. The molecule has 0 spiro atoms. The highest BCUT2D eigenvalue weighted by atomic mass is 16.5. The van der Waals surface area contributed by atoms with Crippen LogP contribution < -0.4 is 10.1 Å². The van der Waals surface area contributed by atoms with Crippen LogP contribution in [-0.2, 0) is 11.2 Å². The van der Waals surface area contributed by atoms with Gasteiger partial charge in [-0.1, -0.05) is 42.2 Å². The molecule has 23 heavy (non-hydrogen) atoms. The predicted octanol–water partition coefficient (Wildman–Crippen LogP) is 3.19. The molecule has 0 atom stereocenters. The summed E-state index contributed by atoms with van der Waals surface area (Å²) in [6, 6.07) is 17.7. The first kappa shape index (κ1) is 16.6. The molecule has 2 aromatic carbocycles. The highest BCUT2D eigenvalue weighted by Gasteiger charge is 1.99. The number of ether oxygens (including phenoxy) is 1. The van der Waals surface area contributed by atoms with Gasteiger partial charge < -0.3 is 10.1 Å². The first-order chi connectivity index (χ1) is 11.3. The first-order valence-electron chi connectivity index (χ1n) is 7.71. The van der Waals surface area contributed by atoms with E-state index in [-0.39, 0.29) is 5.91 Å². The molecule has 1 N–H and O–H groups in total. The van der Waals surface area contributed by atoms with Crippen LogP contribution in [0.5, 0.6) is 5.75 Å². The molecule has 0 saturated heterocycles. The zero-order valence-corrected chi connectivity index (χ0v) is 13.3. The quantitative estimate of drug-likeness (QED) is 0.832. The maximum atomic E-state index is 11.7. The number of benzene rings is 2. The lowest BCUT2D eigenvalue weighted by molar-refractivity contribution is -0.120. The van der Waals surface area contributed by atoms with Crippen LogP contribution in [-0.4, -0.2) is 19.6 Å². The van der Waals surface area contributed by atoms with Crippen molar-refractivity contribution >= 4 is 5.91 Å². The largest absolute Gasteiger partial charge is 0.497 e. The maximum absolute atomic E-state index is 11.7. The Labute approximate surface area is 137 Å². The number of methoxy groups -OCH3 is 1. The molecule has 0 heterocycles. The number of rotatable bonds is 6. The molecule has 0 unspecified atom stereocenters. The standard InChI is InChI=1S/C20H21NO2/c1-23-19-14-12-18(13-15-19)10-6-16-21-20(22)11-5-9-17-7-3-2-4-8-17/h2-4,7-8,12-15H,5,9,11,16H2,1H3,(H,21,22). The number of carbonyl (C=O) groups excluding carboxylic acids is 1. The van der Waals surface area contributed by atoms with Crippen molar-refractivity contribution in [2.24, 2.45) is 0 Å². The minimum atomic E-state index is 0.0463. The van der Waals surface area contributed by atoms with Crippen molar-refractivity contribution in [2.45, 2.75) is 19.3 Å². The summed E-state index contributed by atoms with van der Waals surface area (Å²) in [5, 5.41) is 2.82. The van der Waals surface area contributed by atoms with Crippen LogP contribution in [0.25, 0.3) is 0 Å². The third-order valence-corrected chi connectivity index (χ3v) is 3.41. The van der Waals surface area contributed by atoms with Gasteiger partial charge in [-0.2, -0.15) is 0 Å². The number of amides is 1. The molecule has 2 rings (SSSR count). The fourth-order valence-corrected chi connectivity index (χ4v) is 2.15. The van der Waals surface area contributed by atoms with Crippen molar-refractivity contribution in [1.29, 1.82) is 0 Å². The molecular weight excluding hydrogens is 286 g/mol. The second-order valence-corrected chi connectivity index (χ2v) is 5.15. The van der Waals surface area contributed by atoms with Gasteiger partial charge in [0.25, 0.3) is 0 Å². The summed E-state index contributed by atoms with van der Waals surface area (Å²) in [4.78, 5) is 11.7. The van der Waals surface area contributed by atoms with Crippen LogP contribution in [0.2, 0.25) is 0 Å². The zero-order valence-electron chi connectivity index (χ0n) is 13.3. The summed E-state index contributed by atoms with van der Waals surface area (Å²) < 4.78 is 5.09. The van der Waals surface area contributed by atoms with E-state index >= 15 is 0 Å². The van der Waals surface area contributed by atoms with E-state index in [2.05, 4.69) is 29.3 Å². The number of hydrogen-bond donors (Lipinski definition) is 1. The molecule has 118 valence electrons. The molecule has 0 saturated carbocycles. The third kappa shape index (κ3) is 6.27. The Morgan fingerprint density at radius 2 is 1.83 bits per heavy atom. The lowest BCUT2D eigenvalue weighted by Gasteiger charge is -2.02. The molecule has 1 amide bonds. The van der Waals surface area contributed by atoms with Gasteiger partial charge in [-0.15, -0.1) is 0 Å². The summed E-state index contributed by atoms with van der Waals surface area (Å²) >= 11 is 0. The van der Waals surface area contributed by atoms with Crippen molar-refractivity contribution in [3.8, 4) is 17.6 Å². The number of hydrogen-bond acceptors (Lipinski definition) is 2. The lowest BCUT2D eigenvalue weighted by Crippen LogP contribution is -2.23. The molecule has 0 radical (unpaired) electrons. The van der Waals surface area contributed by atoms with Crippen LogP contribution in [0.15, 0.2) is 54.6 Å². The van der Waals surface area contributed by atoms with Gasteiger partial charge in [0.15, 0.2) is 0 Å². The Morgan fingerprint density at radius 3 is 2.52 bits per heavy atom. The van der Waals surface area contributed by atoms with Gasteiger partial charge >= 0.3 is 0 Å². The Bertz CT molecular complexity index is 666. The predicted molar refractivity (Wildman–Crippen MR) is 92.3 cm³/mol. The molecule has 3 heteroatoms. The average Bonchev–Trinajstić information content (AvgIpc) is 2.60. The Kier molecular flexibility index (Phi) is 6.74. The molecule has 0 aliphatic carbocycles. The molecular formula is C20H21NO2. The fraction of sp³-hybridized carbons (Fsp3) is 0.250. The minimum Gasteiger partial charge on any atom is -0.497 e. The second-order valence-electron chi connectivity index (χ2n) is 5.15. The van der Waals surface area contributed by atoms with Gasteiger partial charge in [0, 0.05) is 12.0 Å². The van der Waals surface area contributed by atoms with E-state index < -0.39 is 0 Å². The Hall–Kier alpha value is -2.73. The fourth-order valence-electron chi connectivity index (χ4n) is 2.15. The van der Waals surface area contributed by atoms with E-state index in [4.69, 9.17) is 4.74 Å². The normalized spacial score (nSPS) is 9.61. The summed E-state index contributed by atoms with van der Waals surface area (Å²) in [6.45, 7) is 0.371. The SMILES string of the molecule is COc1ccc(C#CCNC(=O)CCCc2ccccc2)cc1. The van der Waals surface area contributed by atoms with Gasteiger partial charge in [-0.3, -0.25) is 4.79 Å². The molecule has 0 bridgehead atoms. The lowest BCUT2D eigenvalue weighted by atomic mass is 10.1. The van der Waals surface area contributed by atoms with E-state index in [0.717, 1.165) is 24.2 Å². The minimum absolute atomic E-state index is 0.0463. The molecule has 0 aromatic heterocycles. The van der Waals surface area contributed by atoms with Crippen LogP contribution >= 0.6 is 0 Å². The highest BCUT2D eigenvalue weighted by molar-refractivity contribution is 5.76. The molecule has 0 fully saturated rings. The van der Waals surface area contributed by atoms with Crippen molar-refractivity contribution in [3.63, 3.8) is 0 Å².